The molecule has 0 aromatic heterocycles. The highest BCUT2D eigenvalue weighted by atomic mass is 79.9. The largest absolute Gasteiger partial charge is 0.423 e. The summed E-state index contributed by atoms with van der Waals surface area (Å²) in [5.74, 6) is -2.04. The van der Waals surface area contributed by atoms with Crippen LogP contribution < -0.4 is 15.5 Å². The predicted molar refractivity (Wildman–Crippen MR) is 121 cm³/mol. The van der Waals surface area contributed by atoms with E-state index in [0.29, 0.717) is 32.1 Å². The number of nitrogens with one attached hydrogen (secondary N) is 2. The predicted octanol–water partition coefficient (Wildman–Crippen LogP) is 4.41. The van der Waals surface area contributed by atoms with Gasteiger partial charge in [-0.25, -0.2) is 10.2 Å². The van der Waals surface area contributed by atoms with E-state index >= 15 is 0 Å². The van der Waals surface area contributed by atoms with Crippen molar-refractivity contribution in [2.75, 3.05) is 5.32 Å². The third-order valence-corrected chi connectivity index (χ3v) is 4.79. The minimum Gasteiger partial charge on any atom is -0.423 e. The van der Waals surface area contributed by atoms with E-state index in [4.69, 9.17) is 16.3 Å². The Morgan fingerprint density at radius 3 is 2.42 bits per heavy atom. The average Bonchev–Trinajstić information content (AvgIpc) is 2.75. The smallest absolute Gasteiger partial charge is 0.344 e. The molecule has 3 aromatic rings. The Balaban J connectivity index is 1.57. The number of carbonyl (C=O) groups is 3. The van der Waals surface area contributed by atoms with Gasteiger partial charge in [-0.05, 0) is 70.0 Å². The molecule has 0 heterocycles. The standard InChI is InChI=1S/C22H15BrClN3O4/c23-19-7-2-1-6-18(19)22(30)31-17-5-3-4-14(12-17)13-25-27-21(29)20(28)26-16-10-8-15(24)9-11-16/h1-13H,(H,26,28)(H,27,29). The number of rotatable bonds is 5. The molecule has 0 spiro atoms. The van der Waals surface area contributed by atoms with Crippen molar-refractivity contribution in [1.29, 1.82) is 0 Å². The number of anilines is 1. The lowest BCUT2D eigenvalue weighted by molar-refractivity contribution is -0.136. The number of ether oxygens (including phenoxy) is 1. The van der Waals surface area contributed by atoms with Crippen LogP contribution in [0.4, 0.5) is 5.69 Å². The van der Waals surface area contributed by atoms with E-state index in [9.17, 15) is 14.4 Å². The Kier molecular flexibility index (Phi) is 7.53. The van der Waals surface area contributed by atoms with Gasteiger partial charge in [-0.3, -0.25) is 9.59 Å². The number of nitrogens with zero attached hydrogens (tertiary/aromatic N) is 1. The van der Waals surface area contributed by atoms with E-state index in [1.807, 2.05) is 0 Å². The minimum atomic E-state index is -0.942. The monoisotopic (exact) mass is 499 g/mol. The van der Waals surface area contributed by atoms with Gasteiger partial charge in [0.15, 0.2) is 0 Å². The minimum absolute atomic E-state index is 0.302. The molecule has 0 atom stereocenters. The first-order valence-corrected chi connectivity index (χ1v) is 10.1. The zero-order valence-electron chi connectivity index (χ0n) is 15.8. The van der Waals surface area contributed by atoms with Crippen LogP contribution in [0.15, 0.2) is 82.4 Å². The average molecular weight is 501 g/mol. The van der Waals surface area contributed by atoms with Gasteiger partial charge in [-0.1, -0.05) is 35.9 Å². The van der Waals surface area contributed by atoms with E-state index in [2.05, 4.69) is 31.8 Å². The number of hydrogen-bond acceptors (Lipinski definition) is 5. The van der Waals surface area contributed by atoms with Gasteiger partial charge in [-0.2, -0.15) is 5.10 Å². The molecule has 9 heteroatoms. The van der Waals surface area contributed by atoms with E-state index in [1.165, 1.54) is 6.21 Å². The van der Waals surface area contributed by atoms with Crippen LogP contribution in [-0.4, -0.2) is 24.0 Å². The Labute approximate surface area is 191 Å². The van der Waals surface area contributed by atoms with E-state index < -0.39 is 17.8 Å². The third-order valence-electron chi connectivity index (χ3n) is 3.85. The van der Waals surface area contributed by atoms with Crippen LogP contribution in [-0.2, 0) is 9.59 Å². The highest BCUT2D eigenvalue weighted by Gasteiger charge is 2.13. The summed E-state index contributed by atoms with van der Waals surface area (Å²) >= 11 is 9.08. The Morgan fingerprint density at radius 1 is 0.935 bits per heavy atom. The van der Waals surface area contributed by atoms with Crippen molar-refractivity contribution in [3.63, 3.8) is 0 Å². The lowest BCUT2D eigenvalue weighted by Gasteiger charge is -2.06. The van der Waals surface area contributed by atoms with Crippen molar-refractivity contribution in [2.24, 2.45) is 5.10 Å². The summed E-state index contributed by atoms with van der Waals surface area (Å²) in [6.45, 7) is 0. The van der Waals surface area contributed by atoms with Gasteiger partial charge >= 0.3 is 17.8 Å². The maximum Gasteiger partial charge on any atom is 0.344 e. The summed E-state index contributed by atoms with van der Waals surface area (Å²) < 4.78 is 5.99. The van der Waals surface area contributed by atoms with Crippen molar-refractivity contribution in [3.8, 4) is 5.75 Å². The number of carbonyl (C=O) groups excluding carboxylic acids is 3. The fourth-order valence-corrected chi connectivity index (χ4v) is 2.96. The van der Waals surface area contributed by atoms with E-state index in [0.717, 1.165) is 0 Å². The SMILES string of the molecule is O=C(NN=Cc1cccc(OC(=O)c2ccccc2Br)c1)C(=O)Nc1ccc(Cl)cc1. The number of benzene rings is 3. The lowest BCUT2D eigenvalue weighted by Crippen LogP contribution is -2.32. The summed E-state index contributed by atoms with van der Waals surface area (Å²) in [6, 6.07) is 19.8. The van der Waals surface area contributed by atoms with Gasteiger partial charge < -0.3 is 10.1 Å². The summed E-state index contributed by atoms with van der Waals surface area (Å²) in [5.41, 5.74) is 3.50. The number of hydrogen-bond donors (Lipinski definition) is 2. The van der Waals surface area contributed by atoms with E-state index in [1.54, 1.807) is 72.8 Å². The second-order valence-corrected chi connectivity index (χ2v) is 7.39. The molecule has 2 amide bonds. The molecular weight excluding hydrogens is 486 g/mol. The number of hydrazone groups is 1. The highest BCUT2D eigenvalue weighted by molar-refractivity contribution is 9.10. The van der Waals surface area contributed by atoms with Crippen LogP contribution in [0.1, 0.15) is 15.9 Å². The number of esters is 1. The molecule has 0 fully saturated rings. The van der Waals surface area contributed by atoms with Crippen LogP contribution >= 0.6 is 27.5 Å². The van der Waals surface area contributed by atoms with Gasteiger partial charge in [0.25, 0.3) is 0 Å². The van der Waals surface area contributed by atoms with Crippen molar-refractivity contribution >= 4 is 57.2 Å². The summed E-state index contributed by atoms with van der Waals surface area (Å²) in [7, 11) is 0. The Bertz CT molecular complexity index is 1150. The van der Waals surface area contributed by atoms with Gasteiger partial charge in [0, 0.05) is 15.2 Å². The molecule has 0 aliphatic rings. The molecule has 0 unspecified atom stereocenters. The first kappa shape index (κ1) is 22.2. The molecule has 0 radical (unpaired) electrons. The van der Waals surface area contributed by atoms with Gasteiger partial charge in [-0.15, -0.1) is 0 Å². The fourth-order valence-electron chi connectivity index (χ4n) is 2.38. The number of halogens is 2. The van der Waals surface area contributed by atoms with Gasteiger partial charge in [0.2, 0.25) is 0 Å². The number of amides is 2. The lowest BCUT2D eigenvalue weighted by atomic mass is 10.2. The van der Waals surface area contributed by atoms with Crippen LogP contribution in [0, 0.1) is 0 Å². The second-order valence-electron chi connectivity index (χ2n) is 6.10. The third kappa shape index (κ3) is 6.50. The molecule has 3 aromatic carbocycles. The first-order valence-electron chi connectivity index (χ1n) is 8.89. The molecule has 31 heavy (non-hydrogen) atoms. The topological polar surface area (TPSA) is 96.9 Å². The molecule has 0 saturated heterocycles. The molecule has 0 saturated carbocycles. The molecule has 7 nitrogen and oxygen atoms in total. The zero-order valence-corrected chi connectivity index (χ0v) is 18.2. The second kappa shape index (κ2) is 10.5. The fraction of sp³-hybridized carbons (Fsp3) is 0. The molecule has 2 N–H and O–H groups in total. The quantitative estimate of drug-likeness (QED) is 0.178. The maximum atomic E-state index is 12.3. The Morgan fingerprint density at radius 2 is 1.68 bits per heavy atom. The maximum absolute atomic E-state index is 12.3. The van der Waals surface area contributed by atoms with Gasteiger partial charge in [0.05, 0.1) is 11.8 Å². The van der Waals surface area contributed by atoms with Crippen molar-refractivity contribution in [2.45, 2.75) is 0 Å². The van der Waals surface area contributed by atoms with Crippen molar-refractivity contribution in [3.05, 3.63) is 93.4 Å². The summed E-state index contributed by atoms with van der Waals surface area (Å²) in [6.07, 6.45) is 1.32. The highest BCUT2D eigenvalue weighted by Crippen LogP contribution is 2.19. The Hall–Kier alpha value is -3.49. The molecule has 3 rings (SSSR count). The van der Waals surface area contributed by atoms with Crippen LogP contribution in [0.3, 0.4) is 0 Å². The van der Waals surface area contributed by atoms with Crippen LogP contribution in [0.5, 0.6) is 5.75 Å². The van der Waals surface area contributed by atoms with Crippen molar-refractivity contribution < 1.29 is 19.1 Å². The van der Waals surface area contributed by atoms with Crippen LogP contribution in [0.25, 0.3) is 0 Å². The molecule has 0 bridgehead atoms. The molecule has 0 aliphatic heterocycles. The zero-order chi connectivity index (χ0) is 22.2. The normalized spacial score (nSPS) is 10.5. The molecular formula is C22H15BrClN3O4. The first-order chi connectivity index (χ1) is 14.9. The van der Waals surface area contributed by atoms with Crippen molar-refractivity contribution in [1.82, 2.24) is 5.43 Å². The van der Waals surface area contributed by atoms with Crippen LogP contribution in [0.2, 0.25) is 5.02 Å². The molecule has 0 aliphatic carbocycles. The summed E-state index contributed by atoms with van der Waals surface area (Å²) in [5, 5.41) is 6.69. The summed E-state index contributed by atoms with van der Waals surface area (Å²) in [4.78, 5) is 36.1. The van der Waals surface area contributed by atoms with Gasteiger partial charge in [0.1, 0.15) is 5.75 Å². The molecule has 156 valence electrons. The van der Waals surface area contributed by atoms with E-state index in [-0.39, 0.29) is 0 Å².